The normalized spacial score (nSPS) is 11.1. The molecule has 60 valence electrons. The molecule has 0 amide bonds. The van der Waals surface area contributed by atoms with Crippen molar-refractivity contribution in [3.05, 3.63) is 0 Å². The molecule has 4 N–H and O–H groups in total. The number of nitrogens with two attached hydrogens (primary N) is 1. The van der Waals surface area contributed by atoms with Crippen molar-refractivity contribution in [2.75, 3.05) is 6.54 Å². The van der Waals surface area contributed by atoms with Gasteiger partial charge in [-0.3, -0.25) is 14.6 Å². The number of phosphoric ester groups is 1. The van der Waals surface area contributed by atoms with Gasteiger partial charge in [0.05, 0.1) is 6.42 Å². The zero-order chi connectivity index (χ0) is 8.20. The third kappa shape index (κ3) is 5.71. The molecule has 0 aromatic carbocycles. The Labute approximate surface area is 57.2 Å². The van der Waals surface area contributed by atoms with Crippen molar-refractivity contribution in [3.63, 3.8) is 0 Å². The van der Waals surface area contributed by atoms with Crippen molar-refractivity contribution in [1.29, 1.82) is 0 Å². The molecule has 10 heavy (non-hydrogen) atoms. The highest BCUT2D eigenvalue weighted by Crippen LogP contribution is 2.35. The van der Waals surface area contributed by atoms with Crippen molar-refractivity contribution < 1.29 is 23.7 Å². The maximum atomic E-state index is 10.3. The average molecular weight is 169 g/mol. The SMILES string of the molecule is NCCC(=O)OP(=O)(O)O. The van der Waals surface area contributed by atoms with Crippen LogP contribution in [-0.4, -0.2) is 22.3 Å². The molecular weight excluding hydrogens is 161 g/mol. The lowest BCUT2D eigenvalue weighted by Crippen LogP contribution is -2.09. The molecular formula is C3H8NO5P. The summed E-state index contributed by atoms with van der Waals surface area (Å²) in [4.78, 5) is 26.3. The number of carbonyl (C=O) groups excluding carboxylic acids is 1. The van der Waals surface area contributed by atoms with E-state index in [1.807, 2.05) is 0 Å². The van der Waals surface area contributed by atoms with E-state index in [-0.39, 0.29) is 13.0 Å². The van der Waals surface area contributed by atoms with Crippen LogP contribution in [0.2, 0.25) is 0 Å². The highest BCUT2D eigenvalue weighted by Gasteiger charge is 2.18. The molecule has 0 aliphatic rings. The van der Waals surface area contributed by atoms with Gasteiger partial charge in [-0.1, -0.05) is 0 Å². The second kappa shape index (κ2) is 3.68. The van der Waals surface area contributed by atoms with Crippen LogP contribution >= 0.6 is 7.82 Å². The molecule has 0 unspecified atom stereocenters. The summed E-state index contributed by atoms with van der Waals surface area (Å²) in [6.45, 7) is 0.0127. The molecule has 0 aliphatic heterocycles. The summed E-state index contributed by atoms with van der Waals surface area (Å²) in [6, 6.07) is 0. The molecule has 0 spiro atoms. The topological polar surface area (TPSA) is 110 Å². The summed E-state index contributed by atoms with van der Waals surface area (Å²) < 4.78 is 13.6. The lowest BCUT2D eigenvalue weighted by atomic mass is 10.5. The Bertz CT molecular complexity index is 162. The lowest BCUT2D eigenvalue weighted by molar-refractivity contribution is -0.135. The van der Waals surface area contributed by atoms with Crippen LogP contribution in [0.4, 0.5) is 0 Å². The third-order valence-electron chi connectivity index (χ3n) is 0.569. The van der Waals surface area contributed by atoms with E-state index in [4.69, 9.17) is 15.5 Å². The molecule has 0 bridgehead atoms. The van der Waals surface area contributed by atoms with Crippen LogP contribution in [-0.2, 0) is 13.9 Å². The second-order valence-corrected chi connectivity index (χ2v) is 2.66. The van der Waals surface area contributed by atoms with E-state index in [0.717, 1.165) is 0 Å². The van der Waals surface area contributed by atoms with Crippen LogP contribution in [0.25, 0.3) is 0 Å². The van der Waals surface area contributed by atoms with Gasteiger partial charge in [-0.2, -0.15) is 0 Å². The fraction of sp³-hybridized carbons (Fsp3) is 0.667. The number of rotatable bonds is 3. The maximum absolute atomic E-state index is 10.3. The fourth-order valence-electron chi connectivity index (χ4n) is 0.296. The van der Waals surface area contributed by atoms with E-state index >= 15 is 0 Å². The molecule has 0 saturated carbocycles. The fourth-order valence-corrected chi connectivity index (χ4v) is 0.653. The Balaban J connectivity index is 3.70. The number of carbonyl (C=O) groups is 1. The molecule has 0 aromatic heterocycles. The van der Waals surface area contributed by atoms with Gasteiger partial charge in [0.15, 0.2) is 0 Å². The highest BCUT2D eigenvalue weighted by atomic mass is 31.2. The Morgan fingerprint density at radius 2 is 2.10 bits per heavy atom. The molecule has 0 saturated heterocycles. The van der Waals surface area contributed by atoms with Crippen LogP contribution < -0.4 is 5.73 Å². The molecule has 0 fully saturated rings. The zero-order valence-electron chi connectivity index (χ0n) is 5.06. The quantitative estimate of drug-likeness (QED) is 0.466. The van der Waals surface area contributed by atoms with E-state index in [2.05, 4.69) is 4.52 Å². The molecule has 0 aliphatic carbocycles. The van der Waals surface area contributed by atoms with Crippen LogP contribution in [0.15, 0.2) is 0 Å². The third-order valence-corrected chi connectivity index (χ3v) is 1.01. The van der Waals surface area contributed by atoms with Crippen LogP contribution in [0.5, 0.6) is 0 Å². The van der Waals surface area contributed by atoms with Crippen molar-refractivity contribution in [2.45, 2.75) is 6.42 Å². The molecule has 0 atom stereocenters. The summed E-state index contributed by atoms with van der Waals surface area (Å²) in [5.41, 5.74) is 4.89. The van der Waals surface area contributed by atoms with Gasteiger partial charge in [-0.15, -0.1) is 0 Å². The zero-order valence-corrected chi connectivity index (χ0v) is 5.95. The number of hydrogen-bond acceptors (Lipinski definition) is 4. The van der Waals surface area contributed by atoms with Crippen molar-refractivity contribution in [1.82, 2.24) is 0 Å². The number of phosphoric acid groups is 1. The van der Waals surface area contributed by atoms with E-state index in [9.17, 15) is 9.36 Å². The Kier molecular flexibility index (Phi) is 3.52. The van der Waals surface area contributed by atoms with E-state index in [0.29, 0.717) is 0 Å². The van der Waals surface area contributed by atoms with Gasteiger partial charge in [0.1, 0.15) is 0 Å². The standard InChI is InChI=1S/C3H8NO5P/c4-2-1-3(5)9-10(6,7)8/h1-2,4H2,(H2,6,7,8). The van der Waals surface area contributed by atoms with Crippen molar-refractivity contribution >= 4 is 13.8 Å². The van der Waals surface area contributed by atoms with Gasteiger partial charge in [0.25, 0.3) is 0 Å². The minimum absolute atomic E-state index is 0.0127. The Hall–Kier alpha value is -0.420. The van der Waals surface area contributed by atoms with Gasteiger partial charge in [-0.25, -0.2) is 4.57 Å². The molecule has 0 rings (SSSR count). The van der Waals surface area contributed by atoms with Gasteiger partial charge < -0.3 is 10.3 Å². The first kappa shape index (κ1) is 9.58. The van der Waals surface area contributed by atoms with Gasteiger partial charge in [-0.05, 0) is 0 Å². The first-order valence-corrected chi connectivity index (χ1v) is 3.97. The van der Waals surface area contributed by atoms with Crippen molar-refractivity contribution in [2.24, 2.45) is 5.73 Å². The maximum Gasteiger partial charge on any atom is 0.526 e. The number of hydrogen-bond donors (Lipinski definition) is 3. The van der Waals surface area contributed by atoms with Crippen LogP contribution in [0.1, 0.15) is 6.42 Å². The molecule has 0 radical (unpaired) electrons. The molecule has 0 heterocycles. The van der Waals surface area contributed by atoms with E-state index in [1.54, 1.807) is 0 Å². The summed E-state index contributed by atoms with van der Waals surface area (Å²) in [5, 5.41) is 0. The predicted octanol–water partition coefficient (Wildman–Crippen LogP) is -1.03. The lowest BCUT2D eigenvalue weighted by Gasteiger charge is -2.02. The van der Waals surface area contributed by atoms with E-state index in [1.165, 1.54) is 0 Å². The summed E-state index contributed by atoms with van der Waals surface area (Å²) in [6.07, 6.45) is -0.189. The Morgan fingerprint density at radius 1 is 1.60 bits per heavy atom. The van der Waals surface area contributed by atoms with Gasteiger partial charge in [0.2, 0.25) is 0 Å². The first-order valence-electron chi connectivity index (χ1n) is 2.44. The predicted molar refractivity (Wildman–Crippen MR) is 31.8 cm³/mol. The van der Waals surface area contributed by atoms with Gasteiger partial charge >= 0.3 is 13.8 Å². The minimum Gasteiger partial charge on any atom is -0.371 e. The average Bonchev–Trinajstić information content (AvgIpc) is 1.59. The summed E-state index contributed by atoms with van der Waals surface area (Å²) >= 11 is 0. The molecule has 6 nitrogen and oxygen atoms in total. The van der Waals surface area contributed by atoms with Crippen LogP contribution in [0, 0.1) is 0 Å². The van der Waals surface area contributed by atoms with Crippen LogP contribution in [0.3, 0.4) is 0 Å². The molecule has 0 aromatic rings. The summed E-state index contributed by atoms with van der Waals surface area (Å²) in [7, 11) is -4.66. The first-order chi connectivity index (χ1) is 4.45. The summed E-state index contributed by atoms with van der Waals surface area (Å²) in [5.74, 6) is -0.990. The largest absolute Gasteiger partial charge is 0.526 e. The van der Waals surface area contributed by atoms with Crippen molar-refractivity contribution in [3.8, 4) is 0 Å². The minimum atomic E-state index is -4.66. The smallest absolute Gasteiger partial charge is 0.371 e. The van der Waals surface area contributed by atoms with E-state index < -0.39 is 13.8 Å². The Morgan fingerprint density at radius 3 is 2.40 bits per heavy atom. The second-order valence-electron chi connectivity index (χ2n) is 1.49. The highest BCUT2D eigenvalue weighted by molar-refractivity contribution is 7.46. The molecule has 7 heteroatoms. The monoisotopic (exact) mass is 169 g/mol. The van der Waals surface area contributed by atoms with Gasteiger partial charge in [0, 0.05) is 6.54 Å².